The highest BCUT2D eigenvalue weighted by atomic mass is 16.5. The maximum Gasteiger partial charge on any atom is 0.223 e. The van der Waals surface area contributed by atoms with Crippen LogP contribution < -0.4 is 4.90 Å². The van der Waals surface area contributed by atoms with Gasteiger partial charge in [0.2, 0.25) is 5.91 Å². The summed E-state index contributed by atoms with van der Waals surface area (Å²) in [6.45, 7) is 7.82. The van der Waals surface area contributed by atoms with Crippen LogP contribution in [0.15, 0.2) is 24.3 Å². The Morgan fingerprint density at radius 1 is 1.33 bits per heavy atom. The molecular formula is C20H32N2O2. The molecule has 1 unspecified atom stereocenters. The first-order valence-electron chi connectivity index (χ1n) is 9.02. The Labute approximate surface area is 146 Å². The van der Waals surface area contributed by atoms with Crippen LogP contribution in [0.2, 0.25) is 0 Å². The molecule has 1 fully saturated rings. The van der Waals surface area contributed by atoms with Gasteiger partial charge in [-0.1, -0.05) is 12.1 Å². The summed E-state index contributed by atoms with van der Waals surface area (Å²) in [6, 6.07) is 8.73. The van der Waals surface area contributed by atoms with Gasteiger partial charge in [0.25, 0.3) is 0 Å². The third-order valence-corrected chi connectivity index (χ3v) is 4.83. The quantitative estimate of drug-likeness (QED) is 0.799. The Morgan fingerprint density at radius 2 is 2.08 bits per heavy atom. The van der Waals surface area contributed by atoms with E-state index in [4.69, 9.17) is 4.74 Å². The van der Waals surface area contributed by atoms with Gasteiger partial charge in [-0.05, 0) is 57.7 Å². The Hall–Kier alpha value is -1.55. The number of rotatable bonds is 6. The van der Waals surface area contributed by atoms with E-state index in [0.29, 0.717) is 12.5 Å². The van der Waals surface area contributed by atoms with E-state index in [1.54, 1.807) is 0 Å². The molecule has 1 atom stereocenters. The summed E-state index contributed by atoms with van der Waals surface area (Å²) in [7, 11) is 4.08. The SMILES string of the molecule is CCN(C(=O)CCc1cccc(N(C)C)c1)C1CCOC(C)(C)C1. The highest BCUT2D eigenvalue weighted by Gasteiger charge is 2.33. The minimum absolute atomic E-state index is 0.128. The predicted octanol–water partition coefficient (Wildman–Crippen LogP) is 3.49. The van der Waals surface area contributed by atoms with Crippen LogP contribution in [0.4, 0.5) is 5.69 Å². The average molecular weight is 332 g/mol. The first kappa shape index (κ1) is 18.8. The summed E-state index contributed by atoms with van der Waals surface area (Å²) in [4.78, 5) is 16.9. The smallest absolute Gasteiger partial charge is 0.223 e. The normalized spacial score (nSPS) is 19.8. The summed E-state index contributed by atoms with van der Waals surface area (Å²) in [5.41, 5.74) is 2.27. The zero-order valence-electron chi connectivity index (χ0n) is 15.8. The Morgan fingerprint density at radius 3 is 2.71 bits per heavy atom. The number of ether oxygens (including phenoxy) is 1. The molecule has 0 aromatic heterocycles. The third kappa shape index (κ3) is 4.97. The molecule has 4 nitrogen and oxygen atoms in total. The van der Waals surface area contributed by atoms with Crippen LogP contribution in [0.5, 0.6) is 0 Å². The van der Waals surface area contributed by atoms with Gasteiger partial charge < -0.3 is 14.5 Å². The lowest BCUT2D eigenvalue weighted by Crippen LogP contribution is -2.48. The molecule has 4 heteroatoms. The van der Waals surface area contributed by atoms with Gasteiger partial charge in [-0.3, -0.25) is 4.79 Å². The molecule has 1 saturated heterocycles. The lowest BCUT2D eigenvalue weighted by molar-refractivity contribution is -0.139. The monoisotopic (exact) mass is 332 g/mol. The maximum atomic E-state index is 12.8. The molecule has 0 bridgehead atoms. The van der Waals surface area contributed by atoms with Gasteiger partial charge in [0, 0.05) is 45.4 Å². The van der Waals surface area contributed by atoms with Gasteiger partial charge in [-0.15, -0.1) is 0 Å². The Bertz CT molecular complexity index is 554. The fraction of sp³-hybridized carbons (Fsp3) is 0.650. The van der Waals surface area contributed by atoms with Crippen LogP contribution in [0.25, 0.3) is 0 Å². The number of carbonyl (C=O) groups is 1. The molecule has 1 heterocycles. The standard InChI is InChI=1S/C20H32N2O2/c1-6-22(18-12-13-24-20(2,3)15-18)19(23)11-10-16-8-7-9-17(14-16)21(4)5/h7-9,14,18H,6,10-13,15H2,1-5H3. The lowest BCUT2D eigenvalue weighted by atomic mass is 9.92. The molecule has 0 spiro atoms. The zero-order chi connectivity index (χ0) is 17.7. The minimum Gasteiger partial charge on any atom is -0.378 e. The van der Waals surface area contributed by atoms with Gasteiger partial charge in [-0.25, -0.2) is 0 Å². The zero-order valence-corrected chi connectivity index (χ0v) is 15.8. The molecule has 1 aromatic rings. The molecule has 0 aliphatic carbocycles. The van der Waals surface area contributed by atoms with Crippen molar-refractivity contribution in [3.8, 4) is 0 Å². The van der Waals surface area contributed by atoms with Gasteiger partial charge >= 0.3 is 0 Å². The molecule has 1 aromatic carbocycles. The van der Waals surface area contributed by atoms with E-state index in [9.17, 15) is 4.79 Å². The van der Waals surface area contributed by atoms with Crippen molar-refractivity contribution in [2.24, 2.45) is 0 Å². The van der Waals surface area contributed by atoms with Crippen LogP contribution >= 0.6 is 0 Å². The van der Waals surface area contributed by atoms with Gasteiger partial charge in [-0.2, -0.15) is 0 Å². The third-order valence-electron chi connectivity index (χ3n) is 4.83. The van der Waals surface area contributed by atoms with E-state index in [-0.39, 0.29) is 11.5 Å². The highest BCUT2D eigenvalue weighted by Crippen LogP contribution is 2.28. The van der Waals surface area contributed by atoms with E-state index in [1.165, 1.54) is 11.3 Å². The van der Waals surface area contributed by atoms with Crippen molar-refractivity contribution in [1.29, 1.82) is 0 Å². The summed E-state index contributed by atoms with van der Waals surface area (Å²) in [5, 5.41) is 0. The van der Waals surface area contributed by atoms with Crippen LogP contribution in [0, 0.1) is 0 Å². The predicted molar refractivity (Wildman–Crippen MR) is 99.5 cm³/mol. The summed E-state index contributed by atoms with van der Waals surface area (Å²) in [5.74, 6) is 0.260. The summed E-state index contributed by atoms with van der Waals surface area (Å²) < 4.78 is 5.79. The van der Waals surface area contributed by atoms with E-state index in [2.05, 4.69) is 54.8 Å². The molecule has 1 aliphatic heterocycles. The van der Waals surface area contributed by atoms with E-state index >= 15 is 0 Å². The largest absolute Gasteiger partial charge is 0.378 e. The maximum absolute atomic E-state index is 12.8. The van der Waals surface area contributed by atoms with Crippen molar-refractivity contribution in [3.63, 3.8) is 0 Å². The minimum atomic E-state index is -0.128. The fourth-order valence-corrected chi connectivity index (χ4v) is 3.49. The summed E-state index contributed by atoms with van der Waals surface area (Å²) in [6.07, 6.45) is 3.23. The molecule has 1 amide bonds. The second kappa shape index (κ2) is 8.02. The number of hydrogen-bond donors (Lipinski definition) is 0. The molecule has 2 rings (SSSR count). The van der Waals surface area contributed by atoms with Crippen molar-refractivity contribution in [2.75, 3.05) is 32.1 Å². The van der Waals surface area contributed by atoms with Crippen molar-refractivity contribution in [1.82, 2.24) is 4.90 Å². The Kier molecular flexibility index (Phi) is 6.27. The van der Waals surface area contributed by atoms with Crippen LogP contribution in [0.1, 0.15) is 45.6 Å². The number of benzene rings is 1. The van der Waals surface area contributed by atoms with Crippen molar-refractivity contribution in [3.05, 3.63) is 29.8 Å². The molecule has 0 saturated carbocycles. The van der Waals surface area contributed by atoms with E-state index in [1.807, 2.05) is 14.1 Å². The van der Waals surface area contributed by atoms with Crippen molar-refractivity contribution in [2.45, 2.75) is 58.1 Å². The lowest BCUT2D eigenvalue weighted by Gasteiger charge is -2.41. The first-order valence-corrected chi connectivity index (χ1v) is 9.02. The van der Waals surface area contributed by atoms with Crippen LogP contribution in [-0.2, 0) is 16.0 Å². The van der Waals surface area contributed by atoms with Crippen LogP contribution in [-0.4, -0.2) is 49.7 Å². The number of nitrogens with zero attached hydrogens (tertiary/aromatic N) is 2. The number of amides is 1. The number of aryl methyl sites for hydroxylation is 1. The van der Waals surface area contributed by atoms with Crippen molar-refractivity contribution >= 4 is 11.6 Å². The second-order valence-corrected chi connectivity index (χ2v) is 7.50. The molecule has 1 aliphatic rings. The molecule has 0 N–H and O–H groups in total. The highest BCUT2D eigenvalue weighted by molar-refractivity contribution is 5.76. The van der Waals surface area contributed by atoms with E-state index in [0.717, 1.165) is 32.4 Å². The number of carbonyl (C=O) groups excluding carboxylic acids is 1. The van der Waals surface area contributed by atoms with E-state index < -0.39 is 0 Å². The van der Waals surface area contributed by atoms with Gasteiger partial charge in [0.1, 0.15) is 0 Å². The number of anilines is 1. The Balaban J connectivity index is 1.96. The average Bonchev–Trinajstić information content (AvgIpc) is 2.53. The molecule has 134 valence electrons. The second-order valence-electron chi connectivity index (χ2n) is 7.50. The van der Waals surface area contributed by atoms with Crippen LogP contribution in [0.3, 0.4) is 0 Å². The summed E-state index contributed by atoms with van der Waals surface area (Å²) >= 11 is 0. The molecule has 0 radical (unpaired) electrons. The van der Waals surface area contributed by atoms with Gasteiger partial charge in [0.15, 0.2) is 0 Å². The topological polar surface area (TPSA) is 32.8 Å². The van der Waals surface area contributed by atoms with Gasteiger partial charge in [0.05, 0.1) is 5.60 Å². The first-order chi connectivity index (χ1) is 11.3. The fourth-order valence-electron chi connectivity index (χ4n) is 3.49. The molecular weight excluding hydrogens is 300 g/mol. The van der Waals surface area contributed by atoms with Crippen molar-refractivity contribution < 1.29 is 9.53 Å². The number of hydrogen-bond acceptors (Lipinski definition) is 3. The molecule has 24 heavy (non-hydrogen) atoms.